The minimum absolute atomic E-state index is 0.0569. The van der Waals surface area contributed by atoms with Gasteiger partial charge < -0.3 is 10.0 Å². The van der Waals surface area contributed by atoms with Gasteiger partial charge in [0.2, 0.25) is 10.0 Å². The molecule has 0 bridgehead atoms. The Morgan fingerprint density at radius 1 is 1.45 bits per heavy atom. The van der Waals surface area contributed by atoms with Crippen molar-refractivity contribution in [3.8, 4) is 0 Å². The third-order valence-electron chi connectivity index (χ3n) is 2.86. The molecule has 1 aromatic carbocycles. The van der Waals surface area contributed by atoms with Crippen LogP contribution >= 0.6 is 11.6 Å². The summed E-state index contributed by atoms with van der Waals surface area (Å²) in [7, 11) is -2.15. The second-order valence-corrected chi connectivity index (χ2v) is 6.50. The lowest BCUT2D eigenvalue weighted by Gasteiger charge is -2.15. The quantitative estimate of drug-likeness (QED) is 0.791. The van der Waals surface area contributed by atoms with Gasteiger partial charge in [-0.25, -0.2) is 17.5 Å². The maximum atomic E-state index is 14.0. The van der Waals surface area contributed by atoms with Crippen LogP contribution in [-0.2, 0) is 16.6 Å². The standard InChI is InChI=1S/C12H18ClFN2O3S/c1-3-16(2)5-4-15-20(18,19)11-7-10(13)6-9(8-17)12(11)14/h6-7,15,17H,3-5,8H2,1-2H3. The summed E-state index contributed by atoms with van der Waals surface area (Å²) in [6, 6.07) is 2.22. The van der Waals surface area contributed by atoms with Crippen molar-refractivity contribution < 1.29 is 17.9 Å². The van der Waals surface area contributed by atoms with E-state index in [1.165, 1.54) is 6.07 Å². The van der Waals surface area contributed by atoms with Crippen LogP contribution in [0.2, 0.25) is 5.02 Å². The van der Waals surface area contributed by atoms with E-state index in [1.807, 2.05) is 18.9 Å². The molecule has 0 fully saturated rings. The Morgan fingerprint density at radius 3 is 2.65 bits per heavy atom. The number of likely N-dealkylation sites (N-methyl/N-ethyl adjacent to an activating group) is 1. The molecule has 0 radical (unpaired) electrons. The summed E-state index contributed by atoms with van der Waals surface area (Å²) in [6.45, 7) is 2.77. The second kappa shape index (κ2) is 7.33. The first-order chi connectivity index (χ1) is 9.31. The molecular weight excluding hydrogens is 307 g/mol. The fourth-order valence-corrected chi connectivity index (χ4v) is 3.01. The van der Waals surface area contributed by atoms with Gasteiger partial charge in [0, 0.05) is 23.7 Å². The molecule has 0 saturated heterocycles. The van der Waals surface area contributed by atoms with E-state index in [0.29, 0.717) is 6.54 Å². The zero-order valence-electron chi connectivity index (χ0n) is 11.4. The molecule has 0 spiro atoms. The van der Waals surface area contributed by atoms with Gasteiger partial charge in [-0.1, -0.05) is 18.5 Å². The van der Waals surface area contributed by atoms with E-state index in [-0.39, 0.29) is 17.1 Å². The number of nitrogens with one attached hydrogen (secondary N) is 1. The van der Waals surface area contributed by atoms with Gasteiger partial charge in [-0.3, -0.25) is 0 Å². The molecule has 0 aliphatic rings. The molecule has 8 heteroatoms. The second-order valence-electron chi connectivity index (χ2n) is 4.33. The monoisotopic (exact) mass is 324 g/mol. The lowest BCUT2D eigenvalue weighted by atomic mass is 10.2. The fourth-order valence-electron chi connectivity index (χ4n) is 1.54. The molecule has 0 aliphatic carbocycles. The first kappa shape index (κ1) is 17.3. The molecule has 2 N–H and O–H groups in total. The van der Waals surface area contributed by atoms with Crippen LogP contribution in [0, 0.1) is 5.82 Å². The van der Waals surface area contributed by atoms with E-state index in [0.717, 1.165) is 12.6 Å². The zero-order chi connectivity index (χ0) is 15.3. The first-order valence-electron chi connectivity index (χ1n) is 6.08. The van der Waals surface area contributed by atoms with Crippen LogP contribution in [0.25, 0.3) is 0 Å². The predicted octanol–water partition coefficient (Wildman–Crippen LogP) is 1.20. The summed E-state index contributed by atoms with van der Waals surface area (Å²) >= 11 is 5.74. The largest absolute Gasteiger partial charge is 0.392 e. The molecule has 20 heavy (non-hydrogen) atoms. The first-order valence-corrected chi connectivity index (χ1v) is 7.95. The summed E-state index contributed by atoms with van der Waals surface area (Å²) in [5.74, 6) is -0.978. The smallest absolute Gasteiger partial charge is 0.243 e. The minimum Gasteiger partial charge on any atom is -0.392 e. The van der Waals surface area contributed by atoms with Gasteiger partial charge in [-0.05, 0) is 25.7 Å². The van der Waals surface area contributed by atoms with E-state index >= 15 is 0 Å². The third-order valence-corrected chi connectivity index (χ3v) is 4.54. The molecule has 0 saturated carbocycles. The highest BCUT2D eigenvalue weighted by atomic mass is 35.5. The van der Waals surface area contributed by atoms with Gasteiger partial charge in [0.25, 0.3) is 0 Å². The number of hydrogen-bond donors (Lipinski definition) is 2. The molecule has 1 rings (SSSR count). The number of sulfonamides is 1. The van der Waals surface area contributed by atoms with Crippen molar-refractivity contribution in [1.82, 2.24) is 9.62 Å². The summed E-state index contributed by atoms with van der Waals surface area (Å²) in [6.07, 6.45) is 0. The van der Waals surface area contributed by atoms with Crippen LogP contribution in [0.1, 0.15) is 12.5 Å². The van der Waals surface area contributed by atoms with Gasteiger partial charge in [0.1, 0.15) is 10.7 Å². The highest BCUT2D eigenvalue weighted by Gasteiger charge is 2.22. The van der Waals surface area contributed by atoms with Crippen LogP contribution in [0.15, 0.2) is 17.0 Å². The zero-order valence-corrected chi connectivity index (χ0v) is 12.9. The van der Waals surface area contributed by atoms with Crippen LogP contribution in [0.3, 0.4) is 0 Å². The van der Waals surface area contributed by atoms with E-state index in [2.05, 4.69) is 4.72 Å². The molecular formula is C12H18ClFN2O3S. The SMILES string of the molecule is CCN(C)CCNS(=O)(=O)c1cc(Cl)cc(CO)c1F. The number of halogens is 2. The van der Waals surface area contributed by atoms with Crippen molar-refractivity contribution >= 4 is 21.6 Å². The van der Waals surface area contributed by atoms with Crippen molar-refractivity contribution in [2.45, 2.75) is 18.4 Å². The Kier molecular flexibility index (Phi) is 6.35. The Balaban J connectivity index is 2.95. The number of rotatable bonds is 7. The van der Waals surface area contributed by atoms with Crippen LogP contribution < -0.4 is 4.72 Å². The molecule has 0 atom stereocenters. The van der Waals surface area contributed by atoms with Crippen molar-refractivity contribution in [3.63, 3.8) is 0 Å². The lowest BCUT2D eigenvalue weighted by Crippen LogP contribution is -2.33. The molecule has 0 aliphatic heterocycles. The molecule has 0 amide bonds. The average molecular weight is 325 g/mol. The van der Waals surface area contributed by atoms with Crippen LogP contribution in [0.5, 0.6) is 0 Å². The Labute approximate surface area is 123 Å². The normalized spacial score (nSPS) is 12.1. The fraction of sp³-hybridized carbons (Fsp3) is 0.500. The molecule has 0 aromatic heterocycles. The van der Waals surface area contributed by atoms with Gasteiger partial charge in [0.05, 0.1) is 6.61 Å². The number of nitrogens with zero attached hydrogens (tertiary/aromatic N) is 1. The molecule has 114 valence electrons. The van der Waals surface area contributed by atoms with Crippen LogP contribution in [0.4, 0.5) is 4.39 Å². The van der Waals surface area contributed by atoms with Gasteiger partial charge in [-0.2, -0.15) is 0 Å². The van der Waals surface area contributed by atoms with E-state index in [4.69, 9.17) is 16.7 Å². The molecule has 5 nitrogen and oxygen atoms in total. The van der Waals surface area contributed by atoms with Crippen molar-refractivity contribution in [2.75, 3.05) is 26.7 Å². The predicted molar refractivity (Wildman–Crippen MR) is 75.7 cm³/mol. The number of aliphatic hydroxyl groups is 1. The van der Waals surface area contributed by atoms with Crippen LogP contribution in [-0.4, -0.2) is 45.1 Å². The Bertz CT molecular complexity index is 566. The van der Waals surface area contributed by atoms with E-state index in [1.54, 1.807) is 0 Å². The molecule has 0 unspecified atom stereocenters. The minimum atomic E-state index is -4.00. The van der Waals surface area contributed by atoms with Crippen molar-refractivity contribution in [3.05, 3.63) is 28.5 Å². The number of hydrogen-bond acceptors (Lipinski definition) is 4. The summed E-state index contributed by atoms with van der Waals surface area (Å²) in [5, 5.41) is 9.05. The van der Waals surface area contributed by atoms with Gasteiger partial charge in [0.15, 0.2) is 0 Å². The van der Waals surface area contributed by atoms with Crippen molar-refractivity contribution in [1.29, 1.82) is 0 Å². The highest BCUT2D eigenvalue weighted by molar-refractivity contribution is 7.89. The van der Waals surface area contributed by atoms with E-state index in [9.17, 15) is 12.8 Å². The lowest BCUT2D eigenvalue weighted by molar-refractivity contribution is 0.274. The Hall–Kier alpha value is -0.730. The Morgan fingerprint density at radius 2 is 2.10 bits per heavy atom. The summed E-state index contributed by atoms with van der Waals surface area (Å²) in [5.41, 5.74) is -0.149. The third kappa shape index (κ3) is 4.39. The highest BCUT2D eigenvalue weighted by Crippen LogP contribution is 2.23. The van der Waals surface area contributed by atoms with E-state index < -0.39 is 27.3 Å². The molecule has 0 heterocycles. The number of aliphatic hydroxyl groups excluding tert-OH is 1. The summed E-state index contributed by atoms with van der Waals surface area (Å²) in [4.78, 5) is 1.36. The maximum absolute atomic E-state index is 14.0. The summed E-state index contributed by atoms with van der Waals surface area (Å²) < 4.78 is 40.3. The topological polar surface area (TPSA) is 69.6 Å². The van der Waals surface area contributed by atoms with Crippen molar-refractivity contribution in [2.24, 2.45) is 0 Å². The van der Waals surface area contributed by atoms with Gasteiger partial charge >= 0.3 is 0 Å². The maximum Gasteiger partial charge on any atom is 0.243 e. The van der Waals surface area contributed by atoms with Gasteiger partial charge in [-0.15, -0.1) is 0 Å². The molecule has 1 aromatic rings. The average Bonchev–Trinajstić information content (AvgIpc) is 2.40. The number of benzene rings is 1.